The van der Waals surface area contributed by atoms with Crippen molar-refractivity contribution < 1.29 is 8.94 Å². The standard InChI is InChI=1S/C14H21N3O2/c1-9(2)14-15-12(8-18-14)6-17(5)7-13-10(3)16-19-11(13)4/h8-9H,6-7H2,1-5H3. The van der Waals surface area contributed by atoms with Crippen LogP contribution in [0.2, 0.25) is 0 Å². The van der Waals surface area contributed by atoms with Gasteiger partial charge < -0.3 is 8.94 Å². The van der Waals surface area contributed by atoms with Gasteiger partial charge in [-0.15, -0.1) is 0 Å². The number of oxazole rings is 1. The maximum atomic E-state index is 5.44. The van der Waals surface area contributed by atoms with E-state index in [-0.39, 0.29) is 0 Å². The largest absolute Gasteiger partial charge is 0.448 e. The molecule has 0 atom stereocenters. The second-order valence-corrected chi connectivity index (χ2v) is 5.31. The van der Waals surface area contributed by atoms with Crippen molar-refractivity contribution >= 4 is 0 Å². The molecule has 0 fully saturated rings. The summed E-state index contributed by atoms with van der Waals surface area (Å²) in [6.07, 6.45) is 1.74. The van der Waals surface area contributed by atoms with E-state index in [0.717, 1.165) is 41.7 Å². The average Bonchev–Trinajstić information content (AvgIpc) is 2.91. The van der Waals surface area contributed by atoms with Crippen LogP contribution < -0.4 is 0 Å². The van der Waals surface area contributed by atoms with Gasteiger partial charge in [-0.1, -0.05) is 19.0 Å². The van der Waals surface area contributed by atoms with Crippen molar-refractivity contribution in [3.8, 4) is 0 Å². The Bertz CT molecular complexity index is 523. The van der Waals surface area contributed by atoms with E-state index in [4.69, 9.17) is 8.94 Å². The number of hydrogen-bond donors (Lipinski definition) is 0. The van der Waals surface area contributed by atoms with Gasteiger partial charge >= 0.3 is 0 Å². The fraction of sp³-hybridized carbons (Fsp3) is 0.571. The highest BCUT2D eigenvalue weighted by molar-refractivity contribution is 5.20. The van der Waals surface area contributed by atoms with E-state index in [1.54, 1.807) is 6.26 Å². The molecule has 2 heterocycles. The predicted octanol–water partition coefficient (Wildman–Crippen LogP) is 3.03. The fourth-order valence-electron chi connectivity index (χ4n) is 1.99. The second-order valence-electron chi connectivity index (χ2n) is 5.31. The highest BCUT2D eigenvalue weighted by Crippen LogP contribution is 2.17. The summed E-state index contributed by atoms with van der Waals surface area (Å²) in [4.78, 5) is 6.65. The molecule has 0 radical (unpaired) electrons. The van der Waals surface area contributed by atoms with Crippen molar-refractivity contribution in [3.05, 3.63) is 34.9 Å². The summed E-state index contributed by atoms with van der Waals surface area (Å²) >= 11 is 0. The molecule has 0 saturated heterocycles. The number of nitrogens with zero attached hydrogens (tertiary/aromatic N) is 3. The first kappa shape index (κ1) is 13.8. The zero-order chi connectivity index (χ0) is 14.0. The van der Waals surface area contributed by atoms with Crippen LogP contribution in [0.25, 0.3) is 0 Å². The predicted molar refractivity (Wildman–Crippen MR) is 71.7 cm³/mol. The minimum atomic E-state index is 0.321. The van der Waals surface area contributed by atoms with Crippen LogP contribution in [-0.4, -0.2) is 22.1 Å². The molecule has 0 bridgehead atoms. The lowest BCUT2D eigenvalue weighted by Crippen LogP contribution is -2.18. The topological polar surface area (TPSA) is 55.3 Å². The number of hydrogen-bond acceptors (Lipinski definition) is 5. The van der Waals surface area contributed by atoms with E-state index < -0.39 is 0 Å². The van der Waals surface area contributed by atoms with Crippen LogP contribution in [0.1, 0.15) is 48.4 Å². The minimum Gasteiger partial charge on any atom is -0.448 e. The molecule has 0 spiro atoms. The van der Waals surface area contributed by atoms with E-state index in [1.165, 1.54) is 0 Å². The Hall–Kier alpha value is -1.62. The molecule has 5 nitrogen and oxygen atoms in total. The summed E-state index contributed by atoms with van der Waals surface area (Å²) in [6.45, 7) is 9.60. The van der Waals surface area contributed by atoms with Crippen molar-refractivity contribution in [2.75, 3.05) is 7.05 Å². The zero-order valence-electron chi connectivity index (χ0n) is 12.2. The quantitative estimate of drug-likeness (QED) is 0.830. The first-order chi connectivity index (χ1) is 8.97. The van der Waals surface area contributed by atoms with Gasteiger partial charge in [-0.25, -0.2) is 4.98 Å². The lowest BCUT2D eigenvalue weighted by Gasteiger charge is -2.14. The van der Waals surface area contributed by atoms with Gasteiger partial charge in [0.25, 0.3) is 0 Å². The number of aryl methyl sites for hydroxylation is 2. The Morgan fingerprint density at radius 3 is 2.53 bits per heavy atom. The van der Waals surface area contributed by atoms with Crippen molar-refractivity contribution in [2.24, 2.45) is 0 Å². The molecule has 2 aromatic rings. The van der Waals surface area contributed by atoms with E-state index in [1.807, 2.05) is 13.8 Å². The number of aromatic nitrogens is 2. The fourth-order valence-corrected chi connectivity index (χ4v) is 1.99. The van der Waals surface area contributed by atoms with Gasteiger partial charge in [0, 0.05) is 24.6 Å². The third-order valence-corrected chi connectivity index (χ3v) is 3.10. The average molecular weight is 263 g/mol. The Kier molecular flexibility index (Phi) is 4.04. The highest BCUT2D eigenvalue weighted by Gasteiger charge is 2.13. The third-order valence-electron chi connectivity index (χ3n) is 3.10. The van der Waals surface area contributed by atoms with Gasteiger partial charge in [0.2, 0.25) is 0 Å². The van der Waals surface area contributed by atoms with Gasteiger partial charge in [0.1, 0.15) is 12.0 Å². The first-order valence-electron chi connectivity index (χ1n) is 6.52. The lowest BCUT2D eigenvalue weighted by molar-refractivity contribution is 0.311. The molecular weight excluding hydrogens is 242 g/mol. The summed E-state index contributed by atoms with van der Waals surface area (Å²) in [5.41, 5.74) is 3.06. The molecule has 104 valence electrons. The van der Waals surface area contributed by atoms with Gasteiger partial charge in [-0.05, 0) is 20.9 Å². The van der Waals surface area contributed by atoms with Crippen molar-refractivity contribution in [1.29, 1.82) is 0 Å². The van der Waals surface area contributed by atoms with Gasteiger partial charge in [-0.3, -0.25) is 4.90 Å². The van der Waals surface area contributed by atoms with Crippen LogP contribution >= 0.6 is 0 Å². The summed E-state index contributed by atoms with van der Waals surface area (Å²) in [7, 11) is 2.05. The molecule has 0 aliphatic rings. The normalized spacial score (nSPS) is 11.7. The SMILES string of the molecule is Cc1noc(C)c1CN(C)Cc1coc(C(C)C)n1. The molecular formula is C14H21N3O2. The smallest absolute Gasteiger partial charge is 0.196 e. The molecule has 0 N–H and O–H groups in total. The van der Waals surface area contributed by atoms with Crippen molar-refractivity contribution in [3.63, 3.8) is 0 Å². The van der Waals surface area contributed by atoms with Crippen LogP contribution in [0.5, 0.6) is 0 Å². The Morgan fingerprint density at radius 1 is 1.26 bits per heavy atom. The molecule has 0 aliphatic carbocycles. The van der Waals surface area contributed by atoms with Crippen LogP contribution in [0.15, 0.2) is 15.2 Å². The second kappa shape index (κ2) is 5.57. The monoisotopic (exact) mass is 263 g/mol. The van der Waals surface area contributed by atoms with Gasteiger partial charge in [0.15, 0.2) is 5.89 Å². The lowest BCUT2D eigenvalue weighted by atomic mass is 10.2. The molecule has 2 rings (SSSR count). The Morgan fingerprint density at radius 2 is 2.00 bits per heavy atom. The molecule has 19 heavy (non-hydrogen) atoms. The van der Waals surface area contributed by atoms with E-state index in [9.17, 15) is 0 Å². The highest BCUT2D eigenvalue weighted by atomic mass is 16.5. The summed E-state index contributed by atoms with van der Waals surface area (Å²) in [6, 6.07) is 0. The van der Waals surface area contributed by atoms with Crippen molar-refractivity contribution in [2.45, 2.75) is 46.7 Å². The van der Waals surface area contributed by atoms with Crippen LogP contribution in [-0.2, 0) is 13.1 Å². The van der Waals surface area contributed by atoms with Crippen LogP contribution in [0, 0.1) is 13.8 Å². The molecule has 5 heteroatoms. The molecule has 0 saturated carbocycles. The van der Waals surface area contributed by atoms with Gasteiger partial charge in [0.05, 0.1) is 11.4 Å². The number of rotatable bonds is 5. The van der Waals surface area contributed by atoms with Gasteiger partial charge in [-0.2, -0.15) is 0 Å². The zero-order valence-corrected chi connectivity index (χ0v) is 12.2. The molecule has 0 amide bonds. The van der Waals surface area contributed by atoms with Crippen LogP contribution in [0.3, 0.4) is 0 Å². The summed E-state index contributed by atoms with van der Waals surface area (Å²) in [5.74, 6) is 2.00. The van der Waals surface area contributed by atoms with Crippen molar-refractivity contribution in [1.82, 2.24) is 15.0 Å². The first-order valence-corrected chi connectivity index (χ1v) is 6.52. The molecule has 0 unspecified atom stereocenters. The molecule has 0 aromatic carbocycles. The molecule has 0 aliphatic heterocycles. The molecule has 2 aromatic heterocycles. The third kappa shape index (κ3) is 3.23. The minimum absolute atomic E-state index is 0.321. The maximum absolute atomic E-state index is 5.44. The Labute approximate surface area is 113 Å². The van der Waals surface area contributed by atoms with E-state index >= 15 is 0 Å². The maximum Gasteiger partial charge on any atom is 0.196 e. The summed E-state index contributed by atoms with van der Waals surface area (Å²) < 4.78 is 10.6. The van der Waals surface area contributed by atoms with E-state index in [0.29, 0.717) is 5.92 Å². The summed E-state index contributed by atoms with van der Waals surface area (Å²) in [5, 5.41) is 3.97. The Balaban J connectivity index is 1.99. The van der Waals surface area contributed by atoms with E-state index in [2.05, 4.69) is 35.9 Å². The van der Waals surface area contributed by atoms with Crippen LogP contribution in [0.4, 0.5) is 0 Å².